The molecule has 82 valence electrons. The van der Waals surface area contributed by atoms with E-state index in [1.165, 1.54) is 0 Å². The molecule has 14 heavy (non-hydrogen) atoms. The van der Waals surface area contributed by atoms with Gasteiger partial charge in [-0.3, -0.25) is 0 Å². The van der Waals surface area contributed by atoms with Crippen molar-refractivity contribution in [3.8, 4) is 0 Å². The monoisotopic (exact) mass is 200 g/mol. The van der Waals surface area contributed by atoms with Crippen LogP contribution in [0.4, 0.5) is 0 Å². The van der Waals surface area contributed by atoms with Gasteiger partial charge in [-0.2, -0.15) is 0 Å². The lowest BCUT2D eigenvalue weighted by Crippen LogP contribution is -2.43. The Bertz CT molecular complexity index is 187. The van der Waals surface area contributed by atoms with Crippen molar-refractivity contribution in [1.82, 2.24) is 5.32 Å². The molecule has 0 spiro atoms. The van der Waals surface area contributed by atoms with E-state index in [0.29, 0.717) is 12.5 Å². The van der Waals surface area contributed by atoms with E-state index in [9.17, 15) is 0 Å². The molecule has 1 N–H and O–H groups in total. The van der Waals surface area contributed by atoms with Crippen LogP contribution in [0.1, 0.15) is 20.8 Å². The van der Waals surface area contributed by atoms with Crippen LogP contribution in [0.5, 0.6) is 0 Å². The third-order valence-corrected chi connectivity index (χ3v) is 2.32. The third kappa shape index (κ3) is 4.07. The smallest absolute Gasteiger partial charge is 0.134 e. The first-order chi connectivity index (χ1) is 6.70. The van der Waals surface area contributed by atoms with E-state index in [4.69, 9.17) is 9.57 Å². The van der Waals surface area contributed by atoms with E-state index in [2.05, 4.69) is 24.3 Å². The molecule has 1 saturated heterocycles. The Morgan fingerprint density at radius 2 is 2.43 bits per heavy atom. The lowest BCUT2D eigenvalue weighted by molar-refractivity contribution is 0.0307. The van der Waals surface area contributed by atoms with E-state index in [0.717, 1.165) is 25.5 Å². The minimum Gasteiger partial charge on any atom is -0.394 e. The average molecular weight is 200 g/mol. The number of nitrogens with zero attached hydrogens (tertiary/aromatic N) is 1. The molecule has 1 atom stereocenters. The molecule has 0 unspecified atom stereocenters. The second-order valence-electron chi connectivity index (χ2n) is 3.91. The molecule has 1 fully saturated rings. The Labute approximate surface area is 85.6 Å². The summed E-state index contributed by atoms with van der Waals surface area (Å²) in [5, 5.41) is 7.34. The molecule has 1 aliphatic rings. The van der Waals surface area contributed by atoms with Gasteiger partial charge in [0.05, 0.1) is 25.0 Å². The first-order valence-electron chi connectivity index (χ1n) is 5.17. The fourth-order valence-corrected chi connectivity index (χ4v) is 1.06. The van der Waals surface area contributed by atoms with E-state index >= 15 is 0 Å². The topological polar surface area (TPSA) is 42.9 Å². The van der Waals surface area contributed by atoms with Crippen molar-refractivity contribution in [1.29, 1.82) is 0 Å². The van der Waals surface area contributed by atoms with Crippen molar-refractivity contribution < 1.29 is 9.57 Å². The largest absolute Gasteiger partial charge is 0.394 e. The zero-order valence-corrected chi connectivity index (χ0v) is 9.25. The molecule has 4 nitrogen and oxygen atoms in total. The Hall–Kier alpha value is -0.610. The molecular weight excluding hydrogens is 180 g/mol. The van der Waals surface area contributed by atoms with Crippen molar-refractivity contribution in [2.45, 2.75) is 26.8 Å². The van der Waals surface area contributed by atoms with Crippen LogP contribution in [0.25, 0.3) is 0 Å². The van der Waals surface area contributed by atoms with Crippen LogP contribution in [0.3, 0.4) is 0 Å². The van der Waals surface area contributed by atoms with Gasteiger partial charge < -0.3 is 14.9 Å². The standard InChI is InChI=1S/C10H20N2O2/c1-8(2)9(3)12-14-7-10-6-13-5-4-11-10/h8,10-11H,4-7H2,1-3H3/b12-9+/t10-/m1/s1. The summed E-state index contributed by atoms with van der Waals surface area (Å²) in [6, 6.07) is 0.285. The zero-order valence-electron chi connectivity index (χ0n) is 9.25. The lowest BCUT2D eigenvalue weighted by Gasteiger charge is -2.22. The fourth-order valence-electron chi connectivity index (χ4n) is 1.06. The third-order valence-electron chi connectivity index (χ3n) is 2.32. The quantitative estimate of drug-likeness (QED) is 0.544. The van der Waals surface area contributed by atoms with Crippen molar-refractivity contribution >= 4 is 5.71 Å². The van der Waals surface area contributed by atoms with E-state index in [1.807, 2.05) is 6.92 Å². The predicted molar refractivity (Wildman–Crippen MR) is 56.5 cm³/mol. The number of hydrogen-bond acceptors (Lipinski definition) is 4. The molecule has 0 aromatic heterocycles. The first kappa shape index (κ1) is 11.5. The maximum atomic E-state index is 5.30. The van der Waals surface area contributed by atoms with E-state index in [-0.39, 0.29) is 6.04 Å². The van der Waals surface area contributed by atoms with Crippen LogP contribution in [-0.4, -0.2) is 38.1 Å². The zero-order chi connectivity index (χ0) is 10.4. The highest BCUT2D eigenvalue weighted by molar-refractivity contribution is 5.83. The molecule has 0 radical (unpaired) electrons. The van der Waals surface area contributed by atoms with Gasteiger partial charge in [-0.1, -0.05) is 19.0 Å². The van der Waals surface area contributed by atoms with Gasteiger partial charge in [-0.05, 0) is 12.8 Å². The van der Waals surface area contributed by atoms with Crippen LogP contribution in [-0.2, 0) is 9.57 Å². The van der Waals surface area contributed by atoms with E-state index < -0.39 is 0 Å². The SMILES string of the molecule is C/C(=N\OC[C@H]1COCCN1)C(C)C. The summed E-state index contributed by atoms with van der Waals surface area (Å²) >= 11 is 0. The molecule has 1 aliphatic heterocycles. The van der Waals surface area contributed by atoms with Crippen molar-refractivity contribution in [3.63, 3.8) is 0 Å². The molecule has 0 amide bonds. The maximum absolute atomic E-state index is 5.30. The number of nitrogens with one attached hydrogen (secondary N) is 1. The van der Waals surface area contributed by atoms with Crippen LogP contribution in [0.15, 0.2) is 5.16 Å². The Morgan fingerprint density at radius 3 is 3.00 bits per heavy atom. The molecule has 1 rings (SSSR count). The number of ether oxygens (including phenoxy) is 1. The summed E-state index contributed by atoms with van der Waals surface area (Å²) in [6.07, 6.45) is 0. The Morgan fingerprint density at radius 1 is 1.64 bits per heavy atom. The van der Waals surface area contributed by atoms with Gasteiger partial charge >= 0.3 is 0 Å². The average Bonchev–Trinajstić information content (AvgIpc) is 2.19. The van der Waals surface area contributed by atoms with Crippen molar-refractivity contribution in [2.75, 3.05) is 26.4 Å². The van der Waals surface area contributed by atoms with Gasteiger partial charge in [-0.25, -0.2) is 0 Å². The number of morpholine rings is 1. The van der Waals surface area contributed by atoms with Gasteiger partial charge in [0.15, 0.2) is 0 Å². The molecule has 0 aromatic carbocycles. The highest BCUT2D eigenvalue weighted by Crippen LogP contribution is 1.98. The summed E-state index contributed by atoms with van der Waals surface area (Å²) in [5.74, 6) is 0.450. The Balaban J connectivity index is 2.16. The van der Waals surface area contributed by atoms with Gasteiger partial charge in [0.2, 0.25) is 0 Å². The van der Waals surface area contributed by atoms with Crippen LogP contribution in [0.2, 0.25) is 0 Å². The van der Waals surface area contributed by atoms with Crippen molar-refractivity contribution in [3.05, 3.63) is 0 Å². The summed E-state index contributed by atoms with van der Waals surface area (Å²) in [7, 11) is 0. The van der Waals surface area contributed by atoms with Gasteiger partial charge in [0, 0.05) is 6.54 Å². The lowest BCUT2D eigenvalue weighted by atomic mass is 10.1. The normalized spacial score (nSPS) is 24.0. The molecule has 0 bridgehead atoms. The van der Waals surface area contributed by atoms with Gasteiger partial charge in [-0.15, -0.1) is 0 Å². The molecule has 0 aliphatic carbocycles. The minimum atomic E-state index is 0.285. The summed E-state index contributed by atoms with van der Waals surface area (Å²) in [5.41, 5.74) is 1.03. The number of hydrogen-bond donors (Lipinski definition) is 1. The van der Waals surface area contributed by atoms with Crippen molar-refractivity contribution in [2.24, 2.45) is 11.1 Å². The number of oxime groups is 1. The molecule has 1 heterocycles. The molecule has 0 saturated carbocycles. The Kier molecular flexibility index (Phi) is 4.90. The summed E-state index contributed by atoms with van der Waals surface area (Å²) < 4.78 is 5.30. The van der Waals surface area contributed by atoms with Gasteiger partial charge in [0.1, 0.15) is 6.61 Å². The second-order valence-corrected chi connectivity index (χ2v) is 3.91. The number of rotatable bonds is 4. The predicted octanol–water partition coefficient (Wildman–Crippen LogP) is 1.02. The fraction of sp³-hybridized carbons (Fsp3) is 0.900. The van der Waals surface area contributed by atoms with Crippen LogP contribution >= 0.6 is 0 Å². The van der Waals surface area contributed by atoms with E-state index in [1.54, 1.807) is 0 Å². The van der Waals surface area contributed by atoms with Gasteiger partial charge in [0.25, 0.3) is 0 Å². The molecular formula is C10H20N2O2. The highest BCUT2D eigenvalue weighted by Gasteiger charge is 2.13. The second kappa shape index (κ2) is 5.98. The summed E-state index contributed by atoms with van der Waals surface area (Å²) in [6.45, 7) is 9.19. The molecule has 0 aromatic rings. The molecule has 4 heteroatoms. The first-order valence-corrected chi connectivity index (χ1v) is 5.17. The summed E-state index contributed by atoms with van der Waals surface area (Å²) in [4.78, 5) is 5.24. The van der Waals surface area contributed by atoms with Crippen LogP contribution < -0.4 is 5.32 Å². The maximum Gasteiger partial charge on any atom is 0.134 e. The highest BCUT2D eigenvalue weighted by atomic mass is 16.6. The van der Waals surface area contributed by atoms with Crippen LogP contribution in [0, 0.1) is 5.92 Å². The minimum absolute atomic E-state index is 0.285.